The Morgan fingerprint density at radius 3 is 2.29 bits per heavy atom. The number of para-hydroxylation sites is 1. The van der Waals surface area contributed by atoms with E-state index in [9.17, 15) is 9.59 Å². The fourth-order valence-corrected chi connectivity index (χ4v) is 6.80. The van der Waals surface area contributed by atoms with Crippen molar-refractivity contribution in [2.24, 2.45) is 23.2 Å². The maximum atomic E-state index is 13.1. The van der Waals surface area contributed by atoms with Crippen LogP contribution in [-0.4, -0.2) is 18.4 Å². The molecule has 4 fully saturated rings. The summed E-state index contributed by atoms with van der Waals surface area (Å²) in [5, 5.41) is 14.9. The highest BCUT2D eigenvalue weighted by atomic mass is 16.5. The van der Waals surface area contributed by atoms with E-state index in [0.717, 1.165) is 48.1 Å². The first-order valence-corrected chi connectivity index (χ1v) is 12.8. The van der Waals surface area contributed by atoms with Crippen LogP contribution in [0.25, 0.3) is 0 Å². The highest BCUT2D eigenvalue weighted by Gasteiger charge is 2.54. The Morgan fingerprint density at radius 2 is 1.63 bits per heavy atom. The van der Waals surface area contributed by atoms with Crippen LogP contribution in [0.1, 0.15) is 56.1 Å². The molecule has 35 heavy (non-hydrogen) atoms. The molecule has 0 saturated heterocycles. The number of ether oxygens (including phenoxy) is 1. The molecule has 2 amide bonds. The van der Waals surface area contributed by atoms with Gasteiger partial charge in [0.1, 0.15) is 12.4 Å². The minimum atomic E-state index is -0.179. The van der Waals surface area contributed by atoms with Crippen molar-refractivity contribution in [2.75, 3.05) is 11.9 Å². The van der Waals surface area contributed by atoms with Crippen LogP contribution in [-0.2, 0) is 22.6 Å². The van der Waals surface area contributed by atoms with Crippen LogP contribution < -0.4 is 15.4 Å². The molecular formula is C29H33N3O3. The topological polar surface area (TPSA) is 91.2 Å². The Bertz CT molecular complexity index is 1080. The fourth-order valence-electron chi connectivity index (χ4n) is 6.80. The number of benzene rings is 2. The molecule has 2 N–H and O–H groups in total. The van der Waals surface area contributed by atoms with Gasteiger partial charge in [-0.25, -0.2) is 0 Å². The van der Waals surface area contributed by atoms with Crippen molar-refractivity contribution in [2.45, 2.75) is 58.0 Å². The molecule has 6 heteroatoms. The van der Waals surface area contributed by atoms with Crippen molar-refractivity contribution in [1.29, 1.82) is 5.26 Å². The van der Waals surface area contributed by atoms with Gasteiger partial charge in [-0.2, -0.15) is 5.26 Å². The van der Waals surface area contributed by atoms with Gasteiger partial charge in [0, 0.05) is 29.6 Å². The van der Waals surface area contributed by atoms with Gasteiger partial charge < -0.3 is 15.4 Å². The first kappa shape index (κ1) is 23.4. The fraction of sp³-hybridized carbons (Fsp3) is 0.483. The molecule has 182 valence electrons. The lowest BCUT2D eigenvalue weighted by molar-refractivity contribution is -0.146. The molecule has 0 radical (unpaired) electrons. The molecule has 4 saturated carbocycles. The maximum absolute atomic E-state index is 13.1. The van der Waals surface area contributed by atoms with Crippen LogP contribution >= 0.6 is 0 Å². The summed E-state index contributed by atoms with van der Waals surface area (Å²) in [5.41, 5.74) is 2.36. The Kier molecular flexibility index (Phi) is 6.77. The smallest absolute Gasteiger partial charge is 0.226 e. The predicted octanol–water partition coefficient (Wildman–Crippen LogP) is 4.99. The van der Waals surface area contributed by atoms with Gasteiger partial charge >= 0.3 is 0 Å². The van der Waals surface area contributed by atoms with Crippen LogP contribution in [0.4, 0.5) is 5.69 Å². The van der Waals surface area contributed by atoms with E-state index in [1.54, 1.807) is 0 Å². The summed E-state index contributed by atoms with van der Waals surface area (Å²) in [6, 6.07) is 17.2. The number of nitrogens with zero attached hydrogens (tertiary/aromatic N) is 1. The quantitative estimate of drug-likeness (QED) is 0.539. The molecule has 4 aliphatic carbocycles. The number of nitrogens with one attached hydrogen (secondary N) is 2. The number of carbonyl (C=O) groups excluding carboxylic acids is 2. The Balaban J connectivity index is 1.10. The van der Waals surface area contributed by atoms with Crippen LogP contribution in [0, 0.1) is 34.5 Å². The third-order valence-electron chi connectivity index (χ3n) is 8.05. The molecule has 0 aromatic heterocycles. The summed E-state index contributed by atoms with van der Waals surface area (Å²) >= 11 is 0. The molecule has 0 atom stereocenters. The molecule has 2 aromatic carbocycles. The lowest BCUT2D eigenvalue weighted by atomic mass is 9.49. The lowest BCUT2D eigenvalue weighted by Gasteiger charge is -2.55. The minimum Gasteiger partial charge on any atom is -0.489 e. The number of nitriles is 1. The van der Waals surface area contributed by atoms with Crippen molar-refractivity contribution in [1.82, 2.24) is 5.32 Å². The SMILES string of the molecule is N#CCc1ccc(OCc2ccccc2NC(=O)CCNC(=O)C23CC4CC(CC(C4)C2)C3)cc1. The molecular weight excluding hydrogens is 438 g/mol. The zero-order chi connectivity index (χ0) is 24.3. The highest BCUT2D eigenvalue weighted by Crippen LogP contribution is 2.60. The third-order valence-corrected chi connectivity index (χ3v) is 8.05. The molecule has 4 aliphatic rings. The second-order valence-electron chi connectivity index (χ2n) is 10.7. The average molecular weight is 472 g/mol. The van der Waals surface area contributed by atoms with Crippen LogP contribution in [0.2, 0.25) is 0 Å². The van der Waals surface area contributed by atoms with Crippen molar-refractivity contribution < 1.29 is 14.3 Å². The summed E-state index contributed by atoms with van der Waals surface area (Å²) in [5.74, 6) is 2.93. The molecule has 0 aliphatic heterocycles. The normalized spacial score (nSPS) is 26.1. The van der Waals surface area contributed by atoms with Gasteiger partial charge in [0.25, 0.3) is 0 Å². The summed E-state index contributed by atoms with van der Waals surface area (Å²) in [6.45, 7) is 0.678. The van der Waals surface area contributed by atoms with E-state index in [2.05, 4.69) is 16.7 Å². The second-order valence-corrected chi connectivity index (χ2v) is 10.7. The number of anilines is 1. The molecule has 0 spiro atoms. The molecule has 2 aromatic rings. The lowest BCUT2D eigenvalue weighted by Crippen LogP contribution is -2.53. The highest BCUT2D eigenvalue weighted by molar-refractivity contribution is 5.92. The number of rotatable bonds is 9. The number of hydrogen-bond donors (Lipinski definition) is 2. The molecule has 0 heterocycles. The van der Waals surface area contributed by atoms with Crippen molar-refractivity contribution >= 4 is 17.5 Å². The molecule has 4 bridgehead atoms. The minimum absolute atomic E-state index is 0.121. The first-order chi connectivity index (χ1) is 17.0. The summed E-state index contributed by atoms with van der Waals surface area (Å²) in [6.07, 6.45) is 7.65. The van der Waals surface area contributed by atoms with E-state index in [-0.39, 0.29) is 23.7 Å². The van der Waals surface area contributed by atoms with E-state index >= 15 is 0 Å². The largest absolute Gasteiger partial charge is 0.489 e. The Labute approximate surface area is 207 Å². The van der Waals surface area contributed by atoms with Gasteiger partial charge in [-0.15, -0.1) is 0 Å². The van der Waals surface area contributed by atoms with Gasteiger partial charge in [0.2, 0.25) is 11.8 Å². The van der Waals surface area contributed by atoms with Crippen molar-refractivity contribution in [3.05, 3.63) is 59.7 Å². The van der Waals surface area contributed by atoms with Crippen LogP contribution in [0.3, 0.4) is 0 Å². The van der Waals surface area contributed by atoms with Crippen LogP contribution in [0.5, 0.6) is 5.75 Å². The van der Waals surface area contributed by atoms with E-state index in [1.165, 1.54) is 19.3 Å². The molecule has 6 rings (SSSR count). The summed E-state index contributed by atoms with van der Waals surface area (Å²) < 4.78 is 5.89. The summed E-state index contributed by atoms with van der Waals surface area (Å²) in [4.78, 5) is 25.7. The van der Waals surface area contributed by atoms with Crippen LogP contribution in [0.15, 0.2) is 48.5 Å². The standard InChI is InChI=1S/C29H33N3O3/c30-11-9-20-5-7-25(8-6-20)35-19-24-3-1-2-4-26(24)32-27(33)10-12-31-28(34)29-16-21-13-22(17-29)15-23(14-21)18-29/h1-8,21-23H,9-10,12-19H2,(H,31,34)(H,32,33). The van der Waals surface area contributed by atoms with E-state index < -0.39 is 0 Å². The summed E-state index contributed by atoms with van der Waals surface area (Å²) in [7, 11) is 0. The average Bonchev–Trinajstić information content (AvgIpc) is 2.84. The molecule has 6 nitrogen and oxygen atoms in total. The van der Waals surface area contributed by atoms with E-state index in [0.29, 0.717) is 31.0 Å². The van der Waals surface area contributed by atoms with E-state index in [4.69, 9.17) is 10.00 Å². The Morgan fingerprint density at radius 1 is 0.971 bits per heavy atom. The predicted molar refractivity (Wildman–Crippen MR) is 133 cm³/mol. The number of carbonyl (C=O) groups is 2. The maximum Gasteiger partial charge on any atom is 0.226 e. The van der Waals surface area contributed by atoms with Gasteiger partial charge in [0.05, 0.1) is 12.5 Å². The monoisotopic (exact) mass is 471 g/mol. The zero-order valence-electron chi connectivity index (χ0n) is 20.1. The van der Waals surface area contributed by atoms with Crippen molar-refractivity contribution in [3.63, 3.8) is 0 Å². The van der Waals surface area contributed by atoms with E-state index in [1.807, 2.05) is 48.5 Å². The third kappa shape index (κ3) is 5.35. The zero-order valence-corrected chi connectivity index (χ0v) is 20.1. The Hall–Kier alpha value is -3.33. The van der Waals surface area contributed by atoms with Gasteiger partial charge in [0.15, 0.2) is 0 Å². The van der Waals surface area contributed by atoms with Gasteiger partial charge in [-0.1, -0.05) is 30.3 Å². The number of hydrogen-bond acceptors (Lipinski definition) is 4. The van der Waals surface area contributed by atoms with Crippen molar-refractivity contribution in [3.8, 4) is 11.8 Å². The second kappa shape index (κ2) is 10.1. The first-order valence-electron chi connectivity index (χ1n) is 12.8. The van der Waals surface area contributed by atoms with Gasteiger partial charge in [-0.05, 0) is 80.0 Å². The van der Waals surface area contributed by atoms with Gasteiger partial charge in [-0.3, -0.25) is 9.59 Å². The number of amides is 2. The molecule has 0 unspecified atom stereocenters.